The molecule has 7 nitrogen and oxygen atoms in total. The molecule has 1 aromatic carbocycles. The second kappa shape index (κ2) is 7.16. The Labute approximate surface area is 159 Å². The molecule has 3 aromatic heterocycles. The summed E-state index contributed by atoms with van der Waals surface area (Å²) < 4.78 is 0. The summed E-state index contributed by atoms with van der Waals surface area (Å²) in [6, 6.07) is 9.10. The molecule has 0 fully saturated rings. The predicted molar refractivity (Wildman–Crippen MR) is 105 cm³/mol. The van der Waals surface area contributed by atoms with E-state index in [4.69, 9.17) is 0 Å². The van der Waals surface area contributed by atoms with Crippen molar-refractivity contribution in [1.29, 1.82) is 0 Å². The Morgan fingerprint density at radius 1 is 1.30 bits per heavy atom. The topological polar surface area (TPSA) is 104 Å². The van der Waals surface area contributed by atoms with Crippen molar-refractivity contribution < 1.29 is 9.90 Å². The third-order valence-corrected chi connectivity index (χ3v) is 5.09. The fourth-order valence-corrected chi connectivity index (χ4v) is 3.96. The number of anilines is 1. The molecule has 1 unspecified atom stereocenters. The third kappa shape index (κ3) is 3.52. The molecule has 0 bridgehead atoms. The van der Waals surface area contributed by atoms with Gasteiger partial charge in [0.1, 0.15) is 22.5 Å². The van der Waals surface area contributed by atoms with Crippen LogP contribution in [-0.4, -0.2) is 37.1 Å². The number of aryl methyl sites for hydroxylation is 1. The highest BCUT2D eigenvalue weighted by atomic mass is 32.1. The lowest BCUT2D eigenvalue weighted by Gasteiger charge is -2.16. The van der Waals surface area contributed by atoms with E-state index in [1.165, 1.54) is 17.7 Å². The maximum absolute atomic E-state index is 11.8. The number of carboxylic acid groups (broad SMARTS) is 1. The lowest BCUT2D eigenvalue weighted by molar-refractivity contribution is -0.137. The molecule has 0 saturated carbocycles. The summed E-state index contributed by atoms with van der Waals surface area (Å²) in [5.41, 5.74) is 2.77. The molecule has 4 aromatic rings. The second-order valence-corrected chi connectivity index (χ2v) is 6.99. The fraction of sp³-hybridized carbons (Fsp3) is 0.158. The van der Waals surface area contributed by atoms with E-state index in [-0.39, 0.29) is 6.42 Å². The van der Waals surface area contributed by atoms with Gasteiger partial charge in [0.05, 0.1) is 11.7 Å². The second-order valence-electron chi connectivity index (χ2n) is 6.13. The number of carboxylic acids is 1. The zero-order valence-electron chi connectivity index (χ0n) is 14.5. The Bertz CT molecular complexity index is 1080. The lowest BCUT2D eigenvalue weighted by Crippen LogP contribution is -2.32. The molecule has 4 rings (SSSR count). The summed E-state index contributed by atoms with van der Waals surface area (Å²) in [4.78, 5) is 28.6. The third-order valence-electron chi connectivity index (χ3n) is 4.22. The van der Waals surface area contributed by atoms with Crippen LogP contribution in [0.1, 0.15) is 11.5 Å². The summed E-state index contributed by atoms with van der Waals surface area (Å²) in [5.74, 6) is 0.173. The van der Waals surface area contributed by atoms with Gasteiger partial charge in [-0.05, 0) is 12.5 Å². The summed E-state index contributed by atoms with van der Waals surface area (Å²) in [7, 11) is 0. The monoisotopic (exact) mass is 379 g/mol. The van der Waals surface area contributed by atoms with Gasteiger partial charge >= 0.3 is 5.97 Å². The van der Waals surface area contributed by atoms with E-state index in [9.17, 15) is 9.90 Å². The van der Waals surface area contributed by atoms with Crippen molar-refractivity contribution >= 4 is 33.3 Å². The number of carbonyl (C=O) groups is 1. The Hall–Kier alpha value is -3.26. The molecule has 27 heavy (non-hydrogen) atoms. The van der Waals surface area contributed by atoms with Crippen LogP contribution < -0.4 is 5.32 Å². The molecule has 0 saturated heterocycles. The van der Waals surface area contributed by atoms with Crippen molar-refractivity contribution in [2.45, 2.75) is 19.4 Å². The first kappa shape index (κ1) is 17.2. The molecule has 8 heteroatoms. The first-order valence-electron chi connectivity index (χ1n) is 8.39. The Morgan fingerprint density at radius 3 is 2.81 bits per heavy atom. The number of H-pyrrole nitrogens is 1. The quantitative estimate of drug-likeness (QED) is 0.474. The van der Waals surface area contributed by atoms with Crippen LogP contribution in [0.25, 0.3) is 21.3 Å². The Balaban J connectivity index is 1.78. The van der Waals surface area contributed by atoms with Crippen LogP contribution in [0.5, 0.6) is 0 Å². The average Bonchev–Trinajstić information content (AvgIpc) is 3.31. The first-order valence-corrected chi connectivity index (χ1v) is 9.27. The molecule has 0 spiro atoms. The summed E-state index contributed by atoms with van der Waals surface area (Å²) >= 11 is 1.52. The number of thiophene rings is 1. The SMILES string of the molecule is Cc1nc(NC(Cc2cnc[nH]2)C(=O)O)c2c(-c3ccccc3)csc2n1. The van der Waals surface area contributed by atoms with E-state index >= 15 is 0 Å². The van der Waals surface area contributed by atoms with Gasteiger partial charge in [-0.3, -0.25) is 0 Å². The number of hydrogen-bond donors (Lipinski definition) is 3. The van der Waals surface area contributed by atoms with Gasteiger partial charge in [-0.1, -0.05) is 30.3 Å². The van der Waals surface area contributed by atoms with Gasteiger partial charge in [-0.2, -0.15) is 0 Å². The average molecular weight is 379 g/mol. The van der Waals surface area contributed by atoms with Crippen LogP contribution in [0.4, 0.5) is 5.82 Å². The van der Waals surface area contributed by atoms with Crippen LogP contribution in [-0.2, 0) is 11.2 Å². The van der Waals surface area contributed by atoms with E-state index < -0.39 is 12.0 Å². The molecule has 0 aliphatic carbocycles. The number of imidazole rings is 1. The van der Waals surface area contributed by atoms with Gasteiger partial charge in [0.25, 0.3) is 0 Å². The number of nitrogens with zero attached hydrogens (tertiary/aromatic N) is 3. The van der Waals surface area contributed by atoms with Gasteiger partial charge in [-0.25, -0.2) is 19.7 Å². The smallest absolute Gasteiger partial charge is 0.326 e. The van der Waals surface area contributed by atoms with Crippen LogP contribution in [0.2, 0.25) is 0 Å². The molecule has 136 valence electrons. The van der Waals surface area contributed by atoms with Crippen molar-refractivity contribution in [2.75, 3.05) is 5.32 Å². The summed E-state index contributed by atoms with van der Waals surface area (Å²) in [6.07, 6.45) is 3.43. The normalized spacial score (nSPS) is 12.2. The zero-order chi connectivity index (χ0) is 18.8. The molecular formula is C19H17N5O2S. The maximum Gasteiger partial charge on any atom is 0.326 e. The van der Waals surface area contributed by atoms with Crippen LogP contribution in [0, 0.1) is 6.92 Å². The molecule has 1 atom stereocenters. The van der Waals surface area contributed by atoms with E-state index in [0.29, 0.717) is 11.6 Å². The summed E-state index contributed by atoms with van der Waals surface area (Å²) in [6.45, 7) is 1.80. The number of benzene rings is 1. The number of nitrogens with one attached hydrogen (secondary N) is 2. The standard InChI is InChI=1S/C19H17N5O2S/c1-11-22-17(24-15(19(25)26)7-13-8-20-10-21-13)16-14(9-27-18(16)23-11)12-5-3-2-4-6-12/h2-6,8-10,15H,7H2,1H3,(H,20,21)(H,25,26)(H,22,23,24). The van der Waals surface area contributed by atoms with E-state index in [0.717, 1.165) is 27.0 Å². The van der Waals surface area contributed by atoms with Gasteiger partial charge in [-0.15, -0.1) is 11.3 Å². The Morgan fingerprint density at radius 2 is 2.11 bits per heavy atom. The maximum atomic E-state index is 11.8. The summed E-state index contributed by atoms with van der Waals surface area (Å²) in [5, 5.41) is 15.7. The predicted octanol–water partition coefficient (Wildman–Crippen LogP) is 3.50. The molecule has 0 aliphatic rings. The van der Waals surface area contributed by atoms with Crippen molar-refractivity contribution in [3.63, 3.8) is 0 Å². The van der Waals surface area contributed by atoms with Crippen LogP contribution >= 0.6 is 11.3 Å². The van der Waals surface area contributed by atoms with Crippen molar-refractivity contribution in [3.8, 4) is 11.1 Å². The fourth-order valence-electron chi connectivity index (χ4n) is 2.96. The van der Waals surface area contributed by atoms with Crippen molar-refractivity contribution in [3.05, 3.63) is 59.8 Å². The molecule has 3 N–H and O–H groups in total. The van der Waals surface area contributed by atoms with E-state index in [2.05, 4.69) is 25.3 Å². The number of aliphatic carboxylic acids is 1. The van der Waals surface area contributed by atoms with Crippen LogP contribution in [0.15, 0.2) is 48.2 Å². The van der Waals surface area contributed by atoms with Crippen molar-refractivity contribution in [1.82, 2.24) is 19.9 Å². The highest BCUT2D eigenvalue weighted by molar-refractivity contribution is 7.17. The molecular weight excluding hydrogens is 362 g/mol. The number of rotatable bonds is 6. The van der Waals surface area contributed by atoms with Gasteiger partial charge in [0.2, 0.25) is 0 Å². The zero-order valence-corrected chi connectivity index (χ0v) is 15.3. The largest absolute Gasteiger partial charge is 0.480 e. The van der Waals surface area contributed by atoms with E-state index in [1.54, 1.807) is 13.1 Å². The molecule has 3 heterocycles. The number of aromatic nitrogens is 4. The van der Waals surface area contributed by atoms with Crippen LogP contribution in [0.3, 0.4) is 0 Å². The first-order chi connectivity index (χ1) is 13.1. The molecule has 0 aliphatic heterocycles. The lowest BCUT2D eigenvalue weighted by atomic mass is 10.1. The number of aromatic amines is 1. The van der Waals surface area contributed by atoms with E-state index in [1.807, 2.05) is 35.7 Å². The number of fused-ring (bicyclic) bond motifs is 1. The highest BCUT2D eigenvalue weighted by Gasteiger charge is 2.22. The van der Waals surface area contributed by atoms with Gasteiger partial charge < -0.3 is 15.4 Å². The Kier molecular flexibility index (Phi) is 4.55. The highest BCUT2D eigenvalue weighted by Crippen LogP contribution is 2.37. The van der Waals surface area contributed by atoms with Crippen molar-refractivity contribution in [2.24, 2.45) is 0 Å². The minimum Gasteiger partial charge on any atom is -0.480 e. The van der Waals surface area contributed by atoms with Gasteiger partial charge in [0, 0.05) is 29.3 Å². The van der Waals surface area contributed by atoms with Gasteiger partial charge in [0.15, 0.2) is 0 Å². The molecule has 0 radical (unpaired) electrons. The number of hydrogen-bond acceptors (Lipinski definition) is 6. The minimum absolute atomic E-state index is 0.269. The minimum atomic E-state index is -0.953. The molecule has 0 amide bonds.